The third-order valence-electron chi connectivity index (χ3n) is 3.90. The van der Waals surface area contributed by atoms with E-state index in [1.807, 2.05) is 0 Å². The second-order valence-electron chi connectivity index (χ2n) is 5.58. The van der Waals surface area contributed by atoms with E-state index in [0.29, 0.717) is 23.5 Å². The maximum absolute atomic E-state index is 12.3. The average Bonchev–Trinajstić information content (AvgIpc) is 2.60. The number of carbonyl (C=O) groups is 2. The molecule has 24 heavy (non-hydrogen) atoms. The van der Waals surface area contributed by atoms with Gasteiger partial charge in [-0.2, -0.15) is 5.26 Å². The van der Waals surface area contributed by atoms with Crippen LogP contribution in [0.2, 0.25) is 0 Å². The number of rotatable bonds is 6. The van der Waals surface area contributed by atoms with Crippen molar-refractivity contribution in [2.75, 3.05) is 13.7 Å². The highest BCUT2D eigenvalue weighted by Crippen LogP contribution is 2.30. The van der Waals surface area contributed by atoms with Crippen LogP contribution in [0.5, 0.6) is 11.5 Å². The van der Waals surface area contributed by atoms with Crippen LogP contribution in [-0.4, -0.2) is 31.7 Å². The van der Waals surface area contributed by atoms with Crippen LogP contribution in [0, 0.1) is 17.2 Å². The van der Waals surface area contributed by atoms with E-state index >= 15 is 0 Å². The molecule has 0 spiro atoms. The molecule has 0 unspecified atom stereocenters. The number of nitrogens with zero attached hydrogens (tertiary/aromatic N) is 1. The Morgan fingerprint density at radius 2 is 2.04 bits per heavy atom. The van der Waals surface area contributed by atoms with Crippen LogP contribution in [-0.2, 0) is 9.53 Å². The van der Waals surface area contributed by atoms with E-state index < -0.39 is 11.9 Å². The zero-order chi connectivity index (χ0) is 17.5. The minimum Gasteiger partial charge on any atom is -0.493 e. The summed E-state index contributed by atoms with van der Waals surface area (Å²) in [6.07, 6.45) is 2.98. The smallest absolute Gasteiger partial charge is 0.338 e. The number of methoxy groups -OCH3 is 1. The normalized spacial score (nSPS) is 19.8. The number of hydrogen-bond acceptors (Lipinski definition) is 6. The lowest BCUT2D eigenvalue weighted by atomic mass is 9.87. The van der Waals surface area contributed by atoms with E-state index in [-0.39, 0.29) is 18.6 Å². The van der Waals surface area contributed by atoms with E-state index in [9.17, 15) is 9.59 Å². The Balaban J connectivity index is 2.09. The van der Waals surface area contributed by atoms with Gasteiger partial charge in [0.2, 0.25) is 0 Å². The minimum atomic E-state index is -0.611. The number of amides is 1. The van der Waals surface area contributed by atoms with Crippen LogP contribution in [0.1, 0.15) is 36.0 Å². The number of ether oxygens (including phenoxy) is 3. The fourth-order valence-electron chi connectivity index (χ4n) is 2.65. The van der Waals surface area contributed by atoms with Crippen molar-refractivity contribution in [2.45, 2.75) is 31.8 Å². The molecule has 0 bridgehead atoms. The largest absolute Gasteiger partial charge is 0.493 e. The van der Waals surface area contributed by atoms with Crippen LogP contribution in [0.4, 0.5) is 0 Å². The van der Waals surface area contributed by atoms with Gasteiger partial charge in [0.05, 0.1) is 24.7 Å². The molecule has 1 aromatic rings. The number of esters is 1. The van der Waals surface area contributed by atoms with Crippen molar-refractivity contribution in [3.8, 4) is 17.6 Å². The maximum atomic E-state index is 12.3. The number of primary amides is 1. The van der Waals surface area contributed by atoms with Crippen LogP contribution < -0.4 is 15.2 Å². The zero-order valence-corrected chi connectivity index (χ0v) is 13.5. The Bertz CT molecular complexity index is 653. The summed E-state index contributed by atoms with van der Waals surface area (Å²) in [6.45, 7) is -0.286. The summed E-state index contributed by atoms with van der Waals surface area (Å²) in [5, 5.41) is 9.15. The Labute approximate surface area is 140 Å². The molecule has 1 amide bonds. The fraction of sp³-hybridized carbons (Fsp3) is 0.471. The first-order valence-corrected chi connectivity index (χ1v) is 7.75. The summed E-state index contributed by atoms with van der Waals surface area (Å²) < 4.78 is 15.9. The van der Waals surface area contributed by atoms with Crippen molar-refractivity contribution < 1.29 is 23.8 Å². The summed E-state index contributed by atoms with van der Waals surface area (Å²) in [6, 6.07) is 6.71. The summed E-state index contributed by atoms with van der Waals surface area (Å²) >= 11 is 0. The molecule has 1 saturated carbocycles. The highest BCUT2D eigenvalue weighted by atomic mass is 16.5. The van der Waals surface area contributed by atoms with Gasteiger partial charge in [-0.05, 0) is 37.5 Å². The van der Waals surface area contributed by atoms with Gasteiger partial charge in [-0.25, -0.2) is 4.79 Å². The molecule has 1 aromatic carbocycles. The molecular formula is C17H20N2O5. The second-order valence-corrected chi connectivity index (χ2v) is 5.58. The van der Waals surface area contributed by atoms with Crippen molar-refractivity contribution in [3.63, 3.8) is 0 Å². The predicted molar refractivity (Wildman–Crippen MR) is 84.5 cm³/mol. The van der Waals surface area contributed by atoms with Gasteiger partial charge in [-0.1, -0.05) is 6.42 Å². The molecule has 1 aliphatic carbocycles. The molecule has 1 fully saturated rings. The third-order valence-corrected chi connectivity index (χ3v) is 3.90. The predicted octanol–water partition coefficient (Wildman–Crippen LogP) is 1.80. The molecule has 0 radical (unpaired) electrons. The molecule has 2 rings (SSSR count). The first-order valence-electron chi connectivity index (χ1n) is 7.75. The van der Waals surface area contributed by atoms with E-state index in [4.69, 9.17) is 25.2 Å². The van der Waals surface area contributed by atoms with E-state index in [1.54, 1.807) is 0 Å². The number of carbonyl (C=O) groups excluding carboxylic acids is 2. The van der Waals surface area contributed by atoms with Crippen LogP contribution in [0.15, 0.2) is 18.2 Å². The van der Waals surface area contributed by atoms with Gasteiger partial charge in [0.15, 0.2) is 18.1 Å². The first-order chi connectivity index (χ1) is 11.5. The van der Waals surface area contributed by atoms with Gasteiger partial charge in [0, 0.05) is 0 Å². The maximum Gasteiger partial charge on any atom is 0.338 e. The average molecular weight is 332 g/mol. The second kappa shape index (κ2) is 8.20. The van der Waals surface area contributed by atoms with Crippen molar-refractivity contribution in [2.24, 2.45) is 11.7 Å². The molecule has 0 aliphatic heterocycles. The monoisotopic (exact) mass is 332 g/mol. The zero-order valence-electron chi connectivity index (χ0n) is 13.5. The molecule has 2 N–H and O–H groups in total. The molecule has 2 atom stereocenters. The SMILES string of the molecule is COc1cc(C(=O)O[C@@H]2CCCC[C@H]2C#N)ccc1OCC(N)=O. The van der Waals surface area contributed by atoms with Gasteiger partial charge in [0.1, 0.15) is 6.10 Å². The topological polar surface area (TPSA) is 112 Å². The molecule has 7 heteroatoms. The van der Waals surface area contributed by atoms with Gasteiger partial charge < -0.3 is 19.9 Å². The van der Waals surface area contributed by atoms with Crippen LogP contribution in [0.3, 0.4) is 0 Å². The van der Waals surface area contributed by atoms with E-state index in [2.05, 4.69) is 6.07 Å². The van der Waals surface area contributed by atoms with Gasteiger partial charge in [0.25, 0.3) is 5.91 Å². The highest BCUT2D eigenvalue weighted by molar-refractivity contribution is 5.90. The molecule has 0 saturated heterocycles. The number of nitriles is 1. The summed E-state index contributed by atoms with van der Waals surface area (Å²) in [5.41, 5.74) is 5.33. The van der Waals surface area contributed by atoms with Gasteiger partial charge >= 0.3 is 5.97 Å². The molecule has 1 aliphatic rings. The molecule has 0 heterocycles. The highest BCUT2D eigenvalue weighted by Gasteiger charge is 2.28. The summed E-state index contributed by atoms with van der Waals surface area (Å²) in [7, 11) is 1.43. The standard InChI is InChI=1S/C17H20N2O5/c1-22-15-8-11(6-7-14(15)23-10-16(19)20)17(21)24-13-5-3-2-4-12(13)9-18/h6-8,12-13H,2-5,10H2,1H3,(H2,19,20)/t12-,13+/m0/s1. The lowest BCUT2D eigenvalue weighted by molar-refractivity contribution is -0.119. The van der Waals surface area contributed by atoms with Crippen molar-refractivity contribution in [1.29, 1.82) is 5.26 Å². The van der Waals surface area contributed by atoms with Crippen molar-refractivity contribution in [3.05, 3.63) is 23.8 Å². The number of hydrogen-bond donors (Lipinski definition) is 1. The van der Waals surface area contributed by atoms with Gasteiger partial charge in [-0.3, -0.25) is 4.79 Å². The number of nitrogens with two attached hydrogens (primary N) is 1. The van der Waals surface area contributed by atoms with E-state index in [0.717, 1.165) is 19.3 Å². The fourth-order valence-corrected chi connectivity index (χ4v) is 2.65. The first kappa shape index (κ1) is 17.6. The van der Waals surface area contributed by atoms with E-state index in [1.165, 1.54) is 25.3 Å². The Morgan fingerprint density at radius 3 is 2.71 bits per heavy atom. The molecule has 128 valence electrons. The van der Waals surface area contributed by atoms with Gasteiger partial charge in [-0.15, -0.1) is 0 Å². The Kier molecular flexibility index (Phi) is 6.01. The molecule has 7 nitrogen and oxygen atoms in total. The summed E-state index contributed by atoms with van der Waals surface area (Å²) in [4.78, 5) is 23.1. The Morgan fingerprint density at radius 1 is 1.29 bits per heavy atom. The molecular weight excluding hydrogens is 312 g/mol. The van der Waals surface area contributed by atoms with Crippen LogP contribution >= 0.6 is 0 Å². The number of benzene rings is 1. The lowest BCUT2D eigenvalue weighted by Gasteiger charge is -2.26. The summed E-state index contributed by atoms with van der Waals surface area (Å²) in [5.74, 6) is -0.781. The van der Waals surface area contributed by atoms with Crippen LogP contribution in [0.25, 0.3) is 0 Å². The molecule has 0 aromatic heterocycles. The van der Waals surface area contributed by atoms with Crippen molar-refractivity contribution in [1.82, 2.24) is 0 Å². The minimum absolute atomic E-state index is 0.261. The Hall–Kier alpha value is -2.75. The van der Waals surface area contributed by atoms with Crippen molar-refractivity contribution >= 4 is 11.9 Å². The quantitative estimate of drug-likeness (QED) is 0.795. The third kappa shape index (κ3) is 4.38. The lowest BCUT2D eigenvalue weighted by Crippen LogP contribution is -2.29.